The van der Waals surface area contributed by atoms with Crippen molar-refractivity contribution in [2.24, 2.45) is 17.8 Å². The highest BCUT2D eigenvalue weighted by Gasteiger charge is 2.53. The fourth-order valence-corrected chi connectivity index (χ4v) is 7.05. The Morgan fingerprint density at radius 2 is 1.82 bits per heavy atom. The molecule has 1 aromatic carbocycles. The van der Waals surface area contributed by atoms with Gasteiger partial charge < -0.3 is 0 Å². The quantitative estimate of drug-likeness (QED) is 0.605. The average molecular weight is 398 g/mol. The van der Waals surface area contributed by atoms with Gasteiger partial charge in [0.15, 0.2) is 0 Å². The minimum Gasteiger partial charge on any atom is -0.296 e. The maximum absolute atomic E-state index is 12.7. The summed E-state index contributed by atoms with van der Waals surface area (Å²) in [7, 11) is 0. The van der Waals surface area contributed by atoms with Gasteiger partial charge in [-0.05, 0) is 69.3 Å². The lowest BCUT2D eigenvalue weighted by molar-refractivity contribution is -0.385. The van der Waals surface area contributed by atoms with Crippen molar-refractivity contribution in [3.05, 3.63) is 44.4 Å². The average Bonchev–Trinajstić information content (AvgIpc) is 3.10. The SMILES string of the molecule is Cc1c(C(=O)Nc2nnc(C34CC5CC(CC(C5)C3)C4)s2)cccc1[N+](=O)[O-]. The van der Waals surface area contributed by atoms with E-state index in [1.54, 1.807) is 13.0 Å². The second kappa shape index (κ2) is 6.34. The van der Waals surface area contributed by atoms with Gasteiger partial charge in [-0.1, -0.05) is 17.4 Å². The van der Waals surface area contributed by atoms with E-state index in [4.69, 9.17) is 0 Å². The van der Waals surface area contributed by atoms with Crippen LogP contribution in [0, 0.1) is 34.8 Å². The highest BCUT2D eigenvalue weighted by atomic mass is 32.1. The molecule has 4 aliphatic rings. The van der Waals surface area contributed by atoms with Crippen LogP contribution < -0.4 is 5.32 Å². The van der Waals surface area contributed by atoms with E-state index in [1.807, 2.05) is 0 Å². The molecule has 0 radical (unpaired) electrons. The Kier molecular flexibility index (Phi) is 4.01. The summed E-state index contributed by atoms with van der Waals surface area (Å²) in [4.78, 5) is 23.3. The molecule has 7 nitrogen and oxygen atoms in total. The zero-order valence-electron chi connectivity index (χ0n) is 15.7. The van der Waals surface area contributed by atoms with E-state index >= 15 is 0 Å². The Labute approximate surface area is 166 Å². The second-order valence-electron chi connectivity index (χ2n) is 8.77. The summed E-state index contributed by atoms with van der Waals surface area (Å²) in [6.45, 7) is 1.59. The van der Waals surface area contributed by atoms with Crippen molar-refractivity contribution in [3.63, 3.8) is 0 Å². The predicted octanol–water partition coefficient (Wildman–Crippen LogP) is 4.47. The van der Waals surface area contributed by atoms with Crippen LogP contribution >= 0.6 is 11.3 Å². The van der Waals surface area contributed by atoms with Gasteiger partial charge in [0.1, 0.15) is 5.01 Å². The van der Waals surface area contributed by atoms with Crippen LogP contribution in [0.1, 0.15) is 59.5 Å². The minimum absolute atomic E-state index is 0.0563. The number of anilines is 1. The van der Waals surface area contributed by atoms with E-state index in [9.17, 15) is 14.9 Å². The number of nitro groups is 1. The number of aromatic nitrogens is 2. The van der Waals surface area contributed by atoms with Crippen molar-refractivity contribution >= 4 is 28.1 Å². The number of hydrogen-bond acceptors (Lipinski definition) is 6. The monoisotopic (exact) mass is 398 g/mol. The molecule has 1 aromatic heterocycles. The molecule has 8 heteroatoms. The lowest BCUT2D eigenvalue weighted by Crippen LogP contribution is -2.48. The number of rotatable bonds is 4. The summed E-state index contributed by atoms with van der Waals surface area (Å²) in [6.07, 6.45) is 7.71. The Bertz CT molecular complexity index is 935. The Morgan fingerprint density at radius 1 is 1.18 bits per heavy atom. The van der Waals surface area contributed by atoms with Gasteiger partial charge in [-0.25, -0.2) is 0 Å². The molecule has 4 aliphatic carbocycles. The Morgan fingerprint density at radius 3 is 2.43 bits per heavy atom. The van der Waals surface area contributed by atoms with Gasteiger partial charge in [0.25, 0.3) is 11.6 Å². The predicted molar refractivity (Wildman–Crippen MR) is 106 cm³/mol. The third-order valence-electron chi connectivity index (χ3n) is 6.88. The molecule has 4 saturated carbocycles. The van der Waals surface area contributed by atoms with E-state index < -0.39 is 4.92 Å². The number of nitrogens with one attached hydrogen (secondary N) is 1. The third-order valence-corrected chi connectivity index (χ3v) is 7.97. The standard InChI is InChI=1S/C20H22N4O3S/c1-11-15(3-2-4-16(11)24(26)27)17(25)21-19-23-22-18(28-19)20-8-12-5-13(9-20)7-14(6-12)10-20/h2-4,12-14H,5-10H2,1H3,(H,21,23,25). The smallest absolute Gasteiger partial charge is 0.273 e. The molecule has 1 amide bonds. The number of amides is 1. The van der Waals surface area contributed by atoms with E-state index in [0.29, 0.717) is 16.3 Å². The molecule has 0 spiro atoms. The maximum atomic E-state index is 12.7. The maximum Gasteiger partial charge on any atom is 0.273 e. The first-order chi connectivity index (χ1) is 13.4. The largest absolute Gasteiger partial charge is 0.296 e. The topological polar surface area (TPSA) is 98.0 Å². The number of nitro benzene ring substituents is 1. The van der Waals surface area contributed by atoms with Gasteiger partial charge in [-0.3, -0.25) is 20.2 Å². The van der Waals surface area contributed by atoms with Gasteiger partial charge in [-0.15, -0.1) is 10.2 Å². The lowest BCUT2D eigenvalue weighted by atomic mass is 9.50. The lowest BCUT2D eigenvalue weighted by Gasteiger charge is -2.55. The van der Waals surface area contributed by atoms with Crippen LogP contribution in [0.5, 0.6) is 0 Å². The van der Waals surface area contributed by atoms with Crippen LogP contribution in [-0.4, -0.2) is 21.0 Å². The molecule has 4 fully saturated rings. The van der Waals surface area contributed by atoms with E-state index in [1.165, 1.54) is 62.0 Å². The van der Waals surface area contributed by atoms with Crippen molar-refractivity contribution < 1.29 is 9.72 Å². The molecule has 1 heterocycles. The van der Waals surface area contributed by atoms with Crippen LogP contribution in [0.3, 0.4) is 0 Å². The summed E-state index contributed by atoms with van der Waals surface area (Å²) in [6, 6.07) is 4.53. The van der Waals surface area contributed by atoms with Crippen LogP contribution in [-0.2, 0) is 5.41 Å². The Balaban J connectivity index is 1.37. The summed E-state index contributed by atoms with van der Waals surface area (Å²) >= 11 is 1.47. The van der Waals surface area contributed by atoms with E-state index in [-0.39, 0.29) is 17.0 Å². The van der Waals surface area contributed by atoms with Crippen LogP contribution in [0.2, 0.25) is 0 Å². The molecule has 0 unspecified atom stereocenters. The summed E-state index contributed by atoms with van der Waals surface area (Å²) in [5, 5.41) is 24.1. The minimum atomic E-state index is -0.470. The van der Waals surface area contributed by atoms with Gasteiger partial charge in [0.05, 0.1) is 4.92 Å². The number of hydrogen-bond donors (Lipinski definition) is 1. The van der Waals surface area contributed by atoms with E-state index in [0.717, 1.165) is 22.8 Å². The molecule has 1 N–H and O–H groups in total. The molecule has 0 saturated heterocycles. The zero-order valence-corrected chi connectivity index (χ0v) is 16.5. The van der Waals surface area contributed by atoms with Crippen LogP contribution in [0.4, 0.5) is 10.8 Å². The normalized spacial score (nSPS) is 30.4. The van der Waals surface area contributed by atoms with Gasteiger partial charge in [0, 0.05) is 22.6 Å². The number of carbonyl (C=O) groups excluding carboxylic acids is 1. The summed E-state index contributed by atoms with van der Waals surface area (Å²) < 4.78 is 0. The van der Waals surface area contributed by atoms with Gasteiger partial charge in [0.2, 0.25) is 5.13 Å². The van der Waals surface area contributed by atoms with Crippen LogP contribution in [0.15, 0.2) is 18.2 Å². The van der Waals surface area contributed by atoms with Crippen molar-refractivity contribution in [1.29, 1.82) is 0 Å². The molecule has 0 atom stereocenters. The first-order valence-corrected chi connectivity index (χ1v) is 10.6. The highest BCUT2D eigenvalue weighted by molar-refractivity contribution is 7.15. The second-order valence-corrected chi connectivity index (χ2v) is 9.75. The molecular weight excluding hydrogens is 376 g/mol. The molecule has 146 valence electrons. The summed E-state index contributed by atoms with van der Waals surface area (Å²) in [5.41, 5.74) is 0.743. The molecule has 28 heavy (non-hydrogen) atoms. The van der Waals surface area contributed by atoms with Crippen molar-refractivity contribution in [2.75, 3.05) is 5.32 Å². The molecule has 6 rings (SSSR count). The molecular formula is C20H22N4O3S. The number of carbonyl (C=O) groups is 1. The van der Waals surface area contributed by atoms with E-state index in [2.05, 4.69) is 15.5 Å². The summed E-state index contributed by atoms with van der Waals surface area (Å²) in [5.74, 6) is 2.08. The third kappa shape index (κ3) is 2.82. The highest BCUT2D eigenvalue weighted by Crippen LogP contribution is 2.61. The van der Waals surface area contributed by atoms with Gasteiger partial charge >= 0.3 is 0 Å². The molecule has 0 aliphatic heterocycles. The Hall–Kier alpha value is -2.35. The first-order valence-electron chi connectivity index (χ1n) is 9.83. The van der Waals surface area contributed by atoms with Crippen molar-refractivity contribution in [1.82, 2.24) is 10.2 Å². The van der Waals surface area contributed by atoms with Crippen molar-refractivity contribution in [2.45, 2.75) is 50.9 Å². The van der Waals surface area contributed by atoms with Crippen LogP contribution in [0.25, 0.3) is 0 Å². The molecule has 4 bridgehead atoms. The number of nitrogens with zero attached hydrogens (tertiary/aromatic N) is 3. The fourth-order valence-electron chi connectivity index (χ4n) is 6.09. The van der Waals surface area contributed by atoms with Crippen molar-refractivity contribution in [3.8, 4) is 0 Å². The fraction of sp³-hybridized carbons (Fsp3) is 0.550. The number of benzene rings is 1. The first kappa shape index (κ1) is 17.7. The van der Waals surface area contributed by atoms with Gasteiger partial charge in [-0.2, -0.15) is 0 Å². The molecule has 2 aromatic rings. The zero-order chi connectivity index (χ0) is 19.5.